The number of nitrogens with one attached hydrogen (secondary N) is 2. The number of nitrogens with zero attached hydrogens (tertiary/aromatic N) is 1. The van der Waals surface area contributed by atoms with Gasteiger partial charge >= 0.3 is 17.8 Å². The number of nitrogen functional groups attached to an aromatic ring is 1. The molecule has 164 valence electrons. The zero-order valence-electron chi connectivity index (χ0n) is 16.8. The van der Waals surface area contributed by atoms with Crippen LogP contribution in [0.25, 0.3) is 0 Å². The van der Waals surface area contributed by atoms with Crippen LogP contribution in [0.4, 0.5) is 0 Å². The molecular formula is C21H24N4O6. The summed E-state index contributed by atoms with van der Waals surface area (Å²) in [6.45, 7) is 0.646. The van der Waals surface area contributed by atoms with Gasteiger partial charge in [-0.2, -0.15) is 0 Å². The lowest BCUT2D eigenvalue weighted by Gasteiger charge is -2.43. The SMILES string of the molecule is N=C(N)c1ccc(OCCCC(CC(=O)O)(c2ccco2)N2CCNC(=O)C2=O)cc1. The van der Waals surface area contributed by atoms with Crippen LogP contribution in [-0.4, -0.2) is 53.3 Å². The molecule has 1 aliphatic heterocycles. The standard InChI is InChI=1S/C21H24N4O6/c22-18(23)14-4-6-15(7-5-14)30-12-2-8-21(13-17(26)27,16-3-1-11-31-16)25-10-9-24-19(28)20(25)29/h1,3-7,11H,2,8-10,12-13H2,(H3,22,23)(H,24,28)(H,26,27). The van der Waals surface area contributed by atoms with Gasteiger partial charge in [-0.15, -0.1) is 0 Å². The number of carboxylic acid groups (broad SMARTS) is 1. The monoisotopic (exact) mass is 428 g/mol. The fraction of sp³-hybridized carbons (Fsp3) is 0.333. The third-order valence-corrected chi connectivity index (χ3v) is 5.17. The first kappa shape index (κ1) is 21.9. The van der Waals surface area contributed by atoms with Crippen LogP contribution < -0.4 is 15.8 Å². The fourth-order valence-electron chi connectivity index (χ4n) is 3.73. The molecule has 2 amide bonds. The number of hydrogen-bond donors (Lipinski definition) is 4. The van der Waals surface area contributed by atoms with Crippen LogP contribution >= 0.6 is 0 Å². The number of nitrogens with two attached hydrogens (primary N) is 1. The van der Waals surface area contributed by atoms with E-state index in [1.807, 2.05) is 0 Å². The summed E-state index contributed by atoms with van der Waals surface area (Å²) in [6, 6.07) is 9.94. The van der Waals surface area contributed by atoms with Gasteiger partial charge in [-0.25, -0.2) is 0 Å². The van der Waals surface area contributed by atoms with Crippen molar-refractivity contribution in [2.75, 3.05) is 19.7 Å². The van der Waals surface area contributed by atoms with Crippen molar-refractivity contribution < 1.29 is 28.6 Å². The van der Waals surface area contributed by atoms with E-state index >= 15 is 0 Å². The van der Waals surface area contributed by atoms with Gasteiger partial charge in [0, 0.05) is 18.7 Å². The summed E-state index contributed by atoms with van der Waals surface area (Å²) in [4.78, 5) is 37.6. The van der Waals surface area contributed by atoms with Crippen LogP contribution in [0.5, 0.6) is 5.75 Å². The van der Waals surface area contributed by atoms with Gasteiger partial charge in [0.25, 0.3) is 0 Å². The summed E-state index contributed by atoms with van der Waals surface area (Å²) in [7, 11) is 0. The lowest BCUT2D eigenvalue weighted by molar-refractivity contribution is -0.158. The Balaban J connectivity index is 1.77. The summed E-state index contributed by atoms with van der Waals surface area (Å²) >= 11 is 0. The normalized spacial score (nSPS) is 15.8. The minimum absolute atomic E-state index is 0.0429. The van der Waals surface area contributed by atoms with Crippen molar-refractivity contribution in [3.8, 4) is 5.75 Å². The third kappa shape index (κ3) is 4.85. The highest BCUT2D eigenvalue weighted by Crippen LogP contribution is 2.38. The summed E-state index contributed by atoms with van der Waals surface area (Å²) in [5, 5.41) is 19.5. The second kappa shape index (κ2) is 9.33. The molecule has 10 heteroatoms. The molecule has 0 radical (unpaired) electrons. The van der Waals surface area contributed by atoms with Crippen molar-refractivity contribution in [1.29, 1.82) is 5.41 Å². The van der Waals surface area contributed by atoms with E-state index in [1.54, 1.807) is 36.4 Å². The molecule has 5 N–H and O–H groups in total. The number of furan rings is 1. The van der Waals surface area contributed by atoms with Crippen molar-refractivity contribution >= 4 is 23.6 Å². The molecule has 0 aliphatic carbocycles. The molecule has 1 fully saturated rings. The Hall–Kier alpha value is -3.82. The molecule has 31 heavy (non-hydrogen) atoms. The van der Waals surface area contributed by atoms with Crippen molar-refractivity contribution in [1.82, 2.24) is 10.2 Å². The molecule has 2 aromatic rings. The molecular weight excluding hydrogens is 404 g/mol. The number of ether oxygens (including phenoxy) is 1. The summed E-state index contributed by atoms with van der Waals surface area (Å²) in [5.74, 6) is -1.84. The first-order valence-corrected chi connectivity index (χ1v) is 9.76. The molecule has 0 saturated carbocycles. The van der Waals surface area contributed by atoms with Gasteiger partial charge in [0.15, 0.2) is 0 Å². The van der Waals surface area contributed by atoms with Crippen LogP contribution in [0.3, 0.4) is 0 Å². The maximum absolute atomic E-state index is 12.6. The second-order valence-corrected chi connectivity index (χ2v) is 7.18. The average molecular weight is 428 g/mol. The largest absolute Gasteiger partial charge is 0.494 e. The van der Waals surface area contributed by atoms with E-state index in [9.17, 15) is 19.5 Å². The van der Waals surface area contributed by atoms with Crippen LogP contribution in [-0.2, 0) is 19.9 Å². The first-order valence-electron chi connectivity index (χ1n) is 9.76. The molecule has 1 aliphatic rings. The van der Waals surface area contributed by atoms with E-state index in [0.717, 1.165) is 0 Å². The molecule has 1 aromatic carbocycles. The average Bonchev–Trinajstić information content (AvgIpc) is 3.28. The summed E-state index contributed by atoms with van der Waals surface area (Å²) in [6.07, 6.45) is 1.62. The van der Waals surface area contributed by atoms with E-state index in [0.29, 0.717) is 23.5 Å². The highest BCUT2D eigenvalue weighted by molar-refractivity contribution is 6.35. The van der Waals surface area contributed by atoms with Crippen molar-refractivity contribution in [3.05, 3.63) is 54.0 Å². The summed E-state index contributed by atoms with van der Waals surface area (Å²) in [5.41, 5.74) is 4.70. The number of amides is 2. The predicted molar refractivity (Wildman–Crippen MR) is 110 cm³/mol. The Morgan fingerprint density at radius 1 is 1.29 bits per heavy atom. The quantitative estimate of drug-likeness (QED) is 0.190. The van der Waals surface area contributed by atoms with E-state index in [2.05, 4.69) is 5.32 Å². The van der Waals surface area contributed by atoms with E-state index < -0.39 is 29.7 Å². The molecule has 1 saturated heterocycles. The predicted octanol–water partition coefficient (Wildman–Crippen LogP) is 1.05. The molecule has 1 aromatic heterocycles. The minimum Gasteiger partial charge on any atom is -0.494 e. The zero-order chi connectivity index (χ0) is 22.4. The third-order valence-electron chi connectivity index (χ3n) is 5.17. The maximum Gasteiger partial charge on any atom is 0.312 e. The zero-order valence-corrected chi connectivity index (χ0v) is 16.8. The number of carbonyl (C=O) groups excluding carboxylic acids is 2. The van der Waals surface area contributed by atoms with E-state index in [1.165, 1.54) is 11.2 Å². The Bertz CT molecular complexity index is 957. The molecule has 0 spiro atoms. The van der Waals surface area contributed by atoms with Gasteiger partial charge in [-0.3, -0.25) is 19.8 Å². The molecule has 2 heterocycles. The van der Waals surface area contributed by atoms with Crippen molar-refractivity contribution in [2.24, 2.45) is 5.73 Å². The number of rotatable bonds is 10. The van der Waals surface area contributed by atoms with Crippen LogP contribution in [0.15, 0.2) is 47.1 Å². The Labute approximate surface area is 178 Å². The van der Waals surface area contributed by atoms with Crippen molar-refractivity contribution in [3.63, 3.8) is 0 Å². The van der Waals surface area contributed by atoms with E-state index in [4.69, 9.17) is 20.3 Å². The number of benzene rings is 1. The van der Waals surface area contributed by atoms with Gasteiger partial charge in [0.05, 0.1) is 19.3 Å². The smallest absolute Gasteiger partial charge is 0.312 e. The molecule has 1 atom stereocenters. The van der Waals surface area contributed by atoms with Gasteiger partial charge < -0.3 is 30.2 Å². The van der Waals surface area contributed by atoms with Crippen LogP contribution in [0.2, 0.25) is 0 Å². The number of hydrogen-bond acceptors (Lipinski definition) is 6. The Morgan fingerprint density at radius 3 is 2.65 bits per heavy atom. The lowest BCUT2D eigenvalue weighted by Crippen LogP contribution is -2.60. The second-order valence-electron chi connectivity index (χ2n) is 7.18. The highest BCUT2D eigenvalue weighted by Gasteiger charge is 2.47. The fourth-order valence-corrected chi connectivity index (χ4v) is 3.73. The van der Waals surface area contributed by atoms with Gasteiger partial charge in [-0.1, -0.05) is 0 Å². The molecule has 0 bridgehead atoms. The first-order chi connectivity index (χ1) is 14.8. The number of amidine groups is 1. The Morgan fingerprint density at radius 2 is 2.03 bits per heavy atom. The van der Waals surface area contributed by atoms with Crippen LogP contribution in [0, 0.1) is 5.41 Å². The molecule has 3 rings (SSSR count). The molecule has 1 unspecified atom stereocenters. The maximum atomic E-state index is 12.6. The number of carbonyl (C=O) groups is 3. The van der Waals surface area contributed by atoms with Gasteiger partial charge in [0.1, 0.15) is 22.9 Å². The summed E-state index contributed by atoms with van der Waals surface area (Å²) < 4.78 is 11.2. The minimum atomic E-state index is -1.31. The van der Waals surface area contributed by atoms with Gasteiger partial charge in [-0.05, 0) is 49.2 Å². The van der Waals surface area contributed by atoms with Crippen molar-refractivity contribution in [2.45, 2.75) is 24.8 Å². The number of piperazine rings is 1. The highest BCUT2D eigenvalue weighted by atomic mass is 16.5. The number of aliphatic carboxylic acids is 1. The topological polar surface area (TPSA) is 159 Å². The van der Waals surface area contributed by atoms with Gasteiger partial charge in [0.2, 0.25) is 0 Å². The molecule has 10 nitrogen and oxygen atoms in total. The Kier molecular flexibility index (Phi) is 6.58. The lowest BCUT2D eigenvalue weighted by atomic mass is 9.84. The number of carboxylic acids is 1. The van der Waals surface area contributed by atoms with Crippen LogP contribution in [0.1, 0.15) is 30.6 Å². The van der Waals surface area contributed by atoms with E-state index in [-0.39, 0.29) is 32.0 Å².